The normalized spacial score (nSPS) is 18.9. The predicted molar refractivity (Wildman–Crippen MR) is 69.0 cm³/mol. The maximum Gasteiger partial charge on any atom is 0.163 e. The molecule has 17 heavy (non-hydrogen) atoms. The van der Waals surface area contributed by atoms with Crippen LogP contribution in [0, 0.1) is 6.92 Å². The molecule has 1 aliphatic rings. The van der Waals surface area contributed by atoms with E-state index in [2.05, 4.69) is 0 Å². The van der Waals surface area contributed by atoms with Crippen LogP contribution in [-0.4, -0.2) is 18.3 Å². The number of aromatic hydroxyl groups is 1. The molecule has 3 N–H and O–H groups in total. The van der Waals surface area contributed by atoms with Crippen molar-refractivity contribution in [3.8, 4) is 11.5 Å². The Bertz CT molecular complexity index is 453. The van der Waals surface area contributed by atoms with E-state index in [9.17, 15) is 5.11 Å². The molecule has 1 aromatic carbocycles. The molecule has 1 saturated carbocycles. The Morgan fingerprint density at radius 3 is 2.53 bits per heavy atom. The van der Waals surface area contributed by atoms with Crippen molar-refractivity contribution in [2.45, 2.75) is 38.1 Å². The Kier molecular flexibility index (Phi) is 3.00. The molecule has 1 fully saturated rings. The summed E-state index contributed by atoms with van der Waals surface area (Å²) in [6, 6.07) is 1.72. The fraction of sp³-hybridized carbons (Fsp3) is 0.538. The smallest absolute Gasteiger partial charge is 0.163 e. The van der Waals surface area contributed by atoms with Crippen LogP contribution in [0.2, 0.25) is 5.02 Å². The first kappa shape index (κ1) is 12.5. The van der Waals surface area contributed by atoms with E-state index in [0.717, 1.165) is 24.0 Å². The molecule has 1 aromatic rings. The molecule has 0 saturated heterocycles. The highest BCUT2D eigenvalue weighted by Crippen LogP contribution is 2.57. The van der Waals surface area contributed by atoms with Crippen molar-refractivity contribution >= 4 is 11.6 Å². The van der Waals surface area contributed by atoms with Gasteiger partial charge in [0, 0.05) is 17.0 Å². The quantitative estimate of drug-likeness (QED) is 0.873. The van der Waals surface area contributed by atoms with Crippen molar-refractivity contribution in [1.82, 2.24) is 0 Å². The highest BCUT2D eigenvalue weighted by atomic mass is 35.5. The van der Waals surface area contributed by atoms with Gasteiger partial charge in [-0.25, -0.2) is 0 Å². The van der Waals surface area contributed by atoms with E-state index in [0.29, 0.717) is 10.8 Å². The number of methoxy groups -OCH3 is 1. The molecule has 0 radical (unpaired) electrons. The number of nitrogens with two attached hydrogens (primary N) is 1. The van der Waals surface area contributed by atoms with E-state index < -0.39 is 0 Å². The Labute approximate surface area is 107 Å². The van der Waals surface area contributed by atoms with Crippen molar-refractivity contribution < 1.29 is 9.84 Å². The molecule has 0 aromatic heterocycles. The minimum Gasteiger partial charge on any atom is -0.504 e. The first-order valence-electron chi connectivity index (χ1n) is 5.76. The summed E-state index contributed by atoms with van der Waals surface area (Å²) in [6.07, 6.45) is 1.93. The van der Waals surface area contributed by atoms with Crippen LogP contribution in [-0.2, 0) is 5.41 Å². The highest BCUT2D eigenvalue weighted by molar-refractivity contribution is 6.32. The summed E-state index contributed by atoms with van der Waals surface area (Å²) in [5.41, 5.74) is 7.51. The lowest BCUT2D eigenvalue weighted by molar-refractivity contribution is 0.364. The summed E-state index contributed by atoms with van der Waals surface area (Å²) in [6.45, 7) is 3.86. The number of phenolic OH excluding ortho intramolecular Hbond substituents is 1. The number of hydrogen-bond donors (Lipinski definition) is 2. The van der Waals surface area contributed by atoms with Gasteiger partial charge in [0.05, 0.1) is 12.1 Å². The first-order chi connectivity index (χ1) is 7.94. The second kappa shape index (κ2) is 4.07. The Morgan fingerprint density at radius 2 is 2.12 bits per heavy atom. The zero-order valence-corrected chi connectivity index (χ0v) is 11.1. The SMILES string of the molecule is COc1cc(C)c(Cl)c(C2(C(C)N)CC2)c1O. The second-order valence-electron chi connectivity index (χ2n) is 4.88. The summed E-state index contributed by atoms with van der Waals surface area (Å²) >= 11 is 6.32. The average Bonchev–Trinajstić information content (AvgIpc) is 3.05. The molecule has 0 spiro atoms. The topological polar surface area (TPSA) is 55.5 Å². The molecule has 3 nitrogen and oxygen atoms in total. The number of halogens is 1. The molecule has 0 heterocycles. The number of benzene rings is 1. The second-order valence-corrected chi connectivity index (χ2v) is 5.26. The Hall–Kier alpha value is -0.930. The number of aryl methyl sites for hydroxylation is 1. The van der Waals surface area contributed by atoms with E-state index >= 15 is 0 Å². The molecular formula is C13H18ClNO2. The van der Waals surface area contributed by atoms with E-state index in [1.54, 1.807) is 6.07 Å². The minimum atomic E-state index is -0.180. The van der Waals surface area contributed by atoms with Crippen LogP contribution >= 0.6 is 11.6 Å². The molecule has 94 valence electrons. The third kappa shape index (κ3) is 1.78. The summed E-state index contributed by atoms with van der Waals surface area (Å²) in [5, 5.41) is 10.9. The molecule has 1 unspecified atom stereocenters. The van der Waals surface area contributed by atoms with E-state index in [1.165, 1.54) is 7.11 Å². The van der Waals surface area contributed by atoms with Crippen LogP contribution in [0.1, 0.15) is 30.9 Å². The summed E-state index contributed by atoms with van der Waals surface area (Å²) in [4.78, 5) is 0. The minimum absolute atomic E-state index is 0.0302. The van der Waals surface area contributed by atoms with Gasteiger partial charge in [0.15, 0.2) is 11.5 Å². The van der Waals surface area contributed by atoms with Crippen LogP contribution in [0.4, 0.5) is 0 Å². The molecular weight excluding hydrogens is 238 g/mol. The number of ether oxygens (including phenoxy) is 1. The van der Waals surface area contributed by atoms with Gasteiger partial charge in [0.1, 0.15) is 0 Å². The molecule has 0 amide bonds. The van der Waals surface area contributed by atoms with Crippen molar-refractivity contribution in [1.29, 1.82) is 0 Å². The first-order valence-corrected chi connectivity index (χ1v) is 6.14. The maximum atomic E-state index is 10.3. The predicted octanol–water partition coefficient (Wildman–Crippen LogP) is 2.74. The summed E-state index contributed by atoms with van der Waals surface area (Å²) in [7, 11) is 1.54. The van der Waals surface area contributed by atoms with Crippen LogP contribution in [0.5, 0.6) is 11.5 Å². The van der Waals surface area contributed by atoms with Gasteiger partial charge in [-0.2, -0.15) is 0 Å². The van der Waals surface area contributed by atoms with Crippen LogP contribution < -0.4 is 10.5 Å². The third-order valence-corrected chi connectivity index (χ3v) is 4.25. The largest absolute Gasteiger partial charge is 0.504 e. The number of rotatable bonds is 3. The lowest BCUT2D eigenvalue weighted by Crippen LogP contribution is -2.32. The van der Waals surface area contributed by atoms with Crippen molar-refractivity contribution in [3.63, 3.8) is 0 Å². The van der Waals surface area contributed by atoms with Crippen LogP contribution in [0.25, 0.3) is 0 Å². The molecule has 0 bridgehead atoms. The average molecular weight is 256 g/mol. The van der Waals surface area contributed by atoms with Crippen molar-refractivity contribution in [2.24, 2.45) is 5.73 Å². The van der Waals surface area contributed by atoms with E-state index in [4.69, 9.17) is 22.1 Å². The number of hydrogen-bond acceptors (Lipinski definition) is 3. The summed E-state index contributed by atoms with van der Waals surface area (Å²) in [5.74, 6) is 0.603. The van der Waals surface area contributed by atoms with Crippen LogP contribution in [0.3, 0.4) is 0 Å². The number of phenols is 1. The lowest BCUT2D eigenvalue weighted by Gasteiger charge is -2.24. The van der Waals surface area contributed by atoms with Gasteiger partial charge in [0.2, 0.25) is 0 Å². The van der Waals surface area contributed by atoms with E-state index in [-0.39, 0.29) is 17.2 Å². The lowest BCUT2D eigenvalue weighted by atomic mass is 9.87. The van der Waals surface area contributed by atoms with Gasteiger partial charge in [-0.05, 0) is 38.3 Å². The fourth-order valence-corrected chi connectivity index (χ4v) is 2.76. The Balaban J connectivity index is 2.64. The van der Waals surface area contributed by atoms with Gasteiger partial charge in [-0.1, -0.05) is 11.6 Å². The van der Waals surface area contributed by atoms with Gasteiger partial charge in [-0.3, -0.25) is 0 Å². The molecule has 1 aliphatic carbocycles. The van der Waals surface area contributed by atoms with Gasteiger partial charge < -0.3 is 15.6 Å². The zero-order valence-electron chi connectivity index (χ0n) is 10.4. The van der Waals surface area contributed by atoms with Gasteiger partial charge in [-0.15, -0.1) is 0 Å². The Morgan fingerprint density at radius 1 is 1.53 bits per heavy atom. The van der Waals surface area contributed by atoms with E-state index in [1.807, 2.05) is 13.8 Å². The molecule has 1 atom stereocenters. The van der Waals surface area contributed by atoms with Crippen molar-refractivity contribution in [2.75, 3.05) is 7.11 Å². The fourth-order valence-electron chi connectivity index (χ4n) is 2.43. The van der Waals surface area contributed by atoms with Gasteiger partial charge in [0.25, 0.3) is 0 Å². The van der Waals surface area contributed by atoms with Crippen LogP contribution in [0.15, 0.2) is 6.07 Å². The molecule has 2 rings (SSSR count). The third-order valence-electron chi connectivity index (χ3n) is 3.76. The standard InChI is InChI=1S/C13H18ClNO2/c1-7-6-9(17-3)12(16)10(11(7)14)13(4-5-13)8(2)15/h6,8,16H,4-5,15H2,1-3H3. The monoisotopic (exact) mass is 255 g/mol. The zero-order chi connectivity index (χ0) is 12.8. The highest BCUT2D eigenvalue weighted by Gasteiger charge is 2.51. The van der Waals surface area contributed by atoms with Crippen molar-refractivity contribution in [3.05, 3.63) is 22.2 Å². The maximum absolute atomic E-state index is 10.3. The van der Waals surface area contributed by atoms with Gasteiger partial charge >= 0.3 is 0 Å². The summed E-state index contributed by atoms with van der Waals surface area (Å²) < 4.78 is 5.17. The molecule has 4 heteroatoms. The molecule has 0 aliphatic heterocycles.